The van der Waals surface area contributed by atoms with Crippen LogP contribution in [0, 0.1) is 6.92 Å². The first-order valence-corrected chi connectivity index (χ1v) is 7.59. The third-order valence-corrected chi connectivity index (χ3v) is 3.48. The van der Waals surface area contributed by atoms with Gasteiger partial charge in [-0.2, -0.15) is 0 Å². The van der Waals surface area contributed by atoms with Gasteiger partial charge in [0.15, 0.2) is 5.65 Å². The quantitative estimate of drug-likeness (QED) is 0.606. The molecule has 0 aromatic carbocycles. The van der Waals surface area contributed by atoms with Crippen LogP contribution in [0.4, 0.5) is 0 Å². The molecular formula is C15H20ClN3O2. The number of rotatable bonds is 6. The van der Waals surface area contributed by atoms with E-state index < -0.39 is 0 Å². The second-order valence-corrected chi connectivity index (χ2v) is 5.60. The molecule has 6 heteroatoms. The lowest BCUT2D eigenvalue weighted by atomic mass is 10.2. The van der Waals surface area contributed by atoms with Crippen LogP contribution in [0.5, 0.6) is 0 Å². The molecule has 1 atom stereocenters. The molecule has 2 rings (SSSR count). The molecule has 114 valence electrons. The van der Waals surface area contributed by atoms with Gasteiger partial charge in [0.05, 0.1) is 12.0 Å². The van der Waals surface area contributed by atoms with Gasteiger partial charge in [-0.05, 0) is 38.8 Å². The monoisotopic (exact) mass is 309 g/mol. The number of carbonyl (C=O) groups excluding carboxylic acids is 1. The summed E-state index contributed by atoms with van der Waals surface area (Å²) < 4.78 is 6.94. The zero-order valence-electron chi connectivity index (χ0n) is 12.6. The van der Waals surface area contributed by atoms with E-state index >= 15 is 0 Å². The van der Waals surface area contributed by atoms with Gasteiger partial charge in [0.25, 0.3) is 0 Å². The fraction of sp³-hybridized carbons (Fsp3) is 0.533. The molecule has 2 heterocycles. The van der Waals surface area contributed by atoms with Crippen LogP contribution in [-0.4, -0.2) is 27.1 Å². The number of halogens is 1. The standard InChI is InChI=1S/C15H20ClN3O2/c1-4-21-12(20)6-5-9-19-14(11(3)16)18-13-10(2)7-8-17-15(13)19/h7-8,11H,4-6,9H2,1-3H3. The van der Waals surface area contributed by atoms with Crippen molar-refractivity contribution in [3.05, 3.63) is 23.7 Å². The third kappa shape index (κ3) is 3.53. The van der Waals surface area contributed by atoms with Gasteiger partial charge in [-0.1, -0.05) is 0 Å². The topological polar surface area (TPSA) is 57.0 Å². The van der Waals surface area contributed by atoms with Crippen molar-refractivity contribution in [2.24, 2.45) is 0 Å². The summed E-state index contributed by atoms with van der Waals surface area (Å²) in [5.74, 6) is 0.615. The summed E-state index contributed by atoms with van der Waals surface area (Å²) >= 11 is 6.22. The highest BCUT2D eigenvalue weighted by molar-refractivity contribution is 6.20. The molecule has 0 N–H and O–H groups in total. The summed E-state index contributed by atoms with van der Waals surface area (Å²) in [5.41, 5.74) is 2.76. The summed E-state index contributed by atoms with van der Waals surface area (Å²) in [7, 11) is 0. The summed E-state index contributed by atoms with van der Waals surface area (Å²) in [6, 6.07) is 1.93. The van der Waals surface area contributed by atoms with Crippen molar-refractivity contribution in [2.45, 2.75) is 45.5 Å². The van der Waals surface area contributed by atoms with Crippen LogP contribution < -0.4 is 0 Å². The molecule has 0 radical (unpaired) electrons. The predicted octanol–water partition coefficient (Wildman–Crippen LogP) is 3.38. The van der Waals surface area contributed by atoms with Crippen molar-refractivity contribution < 1.29 is 9.53 Å². The molecule has 0 saturated heterocycles. The molecule has 2 aromatic heterocycles. The predicted molar refractivity (Wildman–Crippen MR) is 82.4 cm³/mol. The van der Waals surface area contributed by atoms with Crippen molar-refractivity contribution >= 4 is 28.7 Å². The Labute approximate surface area is 129 Å². The number of ether oxygens (including phenoxy) is 1. The van der Waals surface area contributed by atoms with E-state index in [1.165, 1.54) is 0 Å². The molecule has 1 unspecified atom stereocenters. The van der Waals surface area contributed by atoms with E-state index in [0.717, 1.165) is 22.6 Å². The average Bonchev–Trinajstić information content (AvgIpc) is 2.80. The molecule has 0 bridgehead atoms. The highest BCUT2D eigenvalue weighted by Crippen LogP contribution is 2.25. The average molecular weight is 310 g/mol. The van der Waals surface area contributed by atoms with Gasteiger partial charge in [0.1, 0.15) is 11.3 Å². The van der Waals surface area contributed by atoms with E-state index in [2.05, 4.69) is 9.97 Å². The van der Waals surface area contributed by atoms with Crippen LogP contribution in [0.3, 0.4) is 0 Å². The lowest BCUT2D eigenvalue weighted by molar-refractivity contribution is -0.143. The van der Waals surface area contributed by atoms with Crippen LogP contribution in [0.15, 0.2) is 12.3 Å². The largest absolute Gasteiger partial charge is 0.466 e. The molecule has 21 heavy (non-hydrogen) atoms. The Hall–Kier alpha value is -1.62. The molecule has 0 aliphatic carbocycles. The first-order valence-electron chi connectivity index (χ1n) is 7.16. The first kappa shape index (κ1) is 15.8. The van der Waals surface area contributed by atoms with Crippen molar-refractivity contribution in [3.63, 3.8) is 0 Å². The Morgan fingerprint density at radius 3 is 2.95 bits per heavy atom. The van der Waals surface area contributed by atoms with Gasteiger partial charge in [0, 0.05) is 19.2 Å². The van der Waals surface area contributed by atoms with Crippen LogP contribution >= 0.6 is 11.6 Å². The Balaban J connectivity index is 2.23. The van der Waals surface area contributed by atoms with Crippen LogP contribution in [0.2, 0.25) is 0 Å². The number of aryl methyl sites for hydroxylation is 2. The summed E-state index contributed by atoms with van der Waals surface area (Å²) in [4.78, 5) is 20.4. The Morgan fingerprint density at radius 1 is 1.52 bits per heavy atom. The molecular weight excluding hydrogens is 290 g/mol. The number of alkyl halides is 1. The molecule has 0 amide bonds. The molecule has 0 aliphatic rings. The Bertz CT molecular complexity index is 637. The number of hydrogen-bond acceptors (Lipinski definition) is 4. The number of hydrogen-bond donors (Lipinski definition) is 0. The van der Waals surface area contributed by atoms with E-state index in [0.29, 0.717) is 26.0 Å². The summed E-state index contributed by atoms with van der Waals surface area (Å²) in [6.45, 7) is 6.76. The second kappa shape index (κ2) is 6.89. The molecule has 0 aliphatic heterocycles. The lowest BCUT2D eigenvalue weighted by Gasteiger charge is -2.09. The van der Waals surface area contributed by atoms with Crippen molar-refractivity contribution in [1.29, 1.82) is 0 Å². The van der Waals surface area contributed by atoms with Gasteiger partial charge < -0.3 is 9.30 Å². The smallest absolute Gasteiger partial charge is 0.305 e. The van der Waals surface area contributed by atoms with Gasteiger partial charge in [-0.3, -0.25) is 4.79 Å². The van der Waals surface area contributed by atoms with Crippen molar-refractivity contribution in [1.82, 2.24) is 14.5 Å². The van der Waals surface area contributed by atoms with E-state index in [1.54, 1.807) is 13.1 Å². The fourth-order valence-corrected chi connectivity index (χ4v) is 2.46. The minimum Gasteiger partial charge on any atom is -0.466 e. The maximum absolute atomic E-state index is 11.4. The number of esters is 1. The lowest BCUT2D eigenvalue weighted by Crippen LogP contribution is -2.09. The van der Waals surface area contributed by atoms with E-state index in [4.69, 9.17) is 16.3 Å². The van der Waals surface area contributed by atoms with Crippen LogP contribution in [-0.2, 0) is 16.1 Å². The SMILES string of the molecule is CCOC(=O)CCCn1c(C(C)Cl)nc2c(C)ccnc21. The van der Waals surface area contributed by atoms with E-state index in [9.17, 15) is 4.79 Å². The van der Waals surface area contributed by atoms with Crippen LogP contribution in [0.25, 0.3) is 11.2 Å². The number of fused-ring (bicyclic) bond motifs is 1. The second-order valence-electron chi connectivity index (χ2n) is 4.95. The highest BCUT2D eigenvalue weighted by atomic mass is 35.5. The first-order chi connectivity index (χ1) is 10.0. The Kier molecular flexibility index (Phi) is 5.17. The number of aromatic nitrogens is 3. The summed E-state index contributed by atoms with van der Waals surface area (Å²) in [5, 5.41) is -0.207. The summed E-state index contributed by atoms with van der Waals surface area (Å²) in [6.07, 6.45) is 2.83. The Morgan fingerprint density at radius 2 is 2.29 bits per heavy atom. The van der Waals surface area contributed by atoms with Gasteiger partial charge in [0.2, 0.25) is 0 Å². The minimum atomic E-state index is -0.207. The molecule has 0 fully saturated rings. The van der Waals surface area contributed by atoms with Gasteiger partial charge in [-0.15, -0.1) is 11.6 Å². The van der Waals surface area contributed by atoms with Gasteiger partial charge >= 0.3 is 5.97 Å². The van der Waals surface area contributed by atoms with E-state index in [1.807, 2.05) is 24.5 Å². The fourth-order valence-electron chi connectivity index (χ4n) is 2.29. The number of nitrogens with zero attached hydrogens (tertiary/aromatic N) is 3. The number of carbonyl (C=O) groups is 1. The van der Waals surface area contributed by atoms with Crippen LogP contribution in [0.1, 0.15) is 43.5 Å². The maximum Gasteiger partial charge on any atom is 0.305 e. The zero-order chi connectivity index (χ0) is 15.4. The molecule has 2 aromatic rings. The van der Waals surface area contributed by atoms with E-state index in [-0.39, 0.29) is 11.3 Å². The third-order valence-electron chi connectivity index (χ3n) is 3.29. The minimum absolute atomic E-state index is 0.175. The van der Waals surface area contributed by atoms with Crippen molar-refractivity contribution in [2.75, 3.05) is 6.61 Å². The number of imidazole rings is 1. The molecule has 0 spiro atoms. The maximum atomic E-state index is 11.4. The highest BCUT2D eigenvalue weighted by Gasteiger charge is 2.17. The zero-order valence-corrected chi connectivity index (χ0v) is 13.4. The van der Waals surface area contributed by atoms with Crippen molar-refractivity contribution in [3.8, 4) is 0 Å². The van der Waals surface area contributed by atoms with Gasteiger partial charge in [-0.25, -0.2) is 9.97 Å². The molecule has 0 saturated carbocycles. The normalized spacial score (nSPS) is 12.6. The molecule has 5 nitrogen and oxygen atoms in total. The number of pyridine rings is 1.